The highest BCUT2D eigenvalue weighted by Gasteiger charge is 2.05. The molecule has 0 atom stereocenters. The minimum absolute atomic E-state index is 0.135. The molecule has 1 aromatic heterocycles. The van der Waals surface area contributed by atoms with Gasteiger partial charge in [0.1, 0.15) is 0 Å². The van der Waals surface area contributed by atoms with Crippen molar-refractivity contribution in [3.63, 3.8) is 0 Å². The second-order valence-corrected chi connectivity index (χ2v) is 3.04. The summed E-state index contributed by atoms with van der Waals surface area (Å²) >= 11 is 0. The molecule has 0 spiro atoms. The Morgan fingerprint density at radius 2 is 2.07 bits per heavy atom. The molecule has 0 bridgehead atoms. The highest BCUT2D eigenvalue weighted by atomic mass is 16.6. The third-order valence-corrected chi connectivity index (χ3v) is 2.24. The molecular weight excluding hydrogens is 180 g/mol. The molecule has 4 heteroatoms. The van der Waals surface area contributed by atoms with Gasteiger partial charge in [0.2, 0.25) is 0 Å². The maximum absolute atomic E-state index is 11.4. The van der Waals surface area contributed by atoms with E-state index in [4.69, 9.17) is 5.90 Å². The van der Waals surface area contributed by atoms with E-state index in [2.05, 4.69) is 4.84 Å². The van der Waals surface area contributed by atoms with Gasteiger partial charge in [-0.2, -0.15) is 5.90 Å². The summed E-state index contributed by atoms with van der Waals surface area (Å²) in [6, 6.07) is 8.82. The fraction of sp³-hybridized carbons (Fsp3) is 0.100. The Bertz CT molecular complexity index is 531. The lowest BCUT2D eigenvalue weighted by atomic mass is 10.2. The number of nitrogens with two attached hydrogens (primary N) is 1. The Hall–Kier alpha value is -1.81. The molecule has 1 aromatic carbocycles. The number of para-hydroxylation sites is 1. The van der Waals surface area contributed by atoms with Gasteiger partial charge in [-0.1, -0.05) is 12.1 Å². The van der Waals surface area contributed by atoms with Gasteiger partial charge in [-0.15, -0.1) is 0 Å². The van der Waals surface area contributed by atoms with Crippen LogP contribution in [0.25, 0.3) is 10.9 Å². The lowest BCUT2D eigenvalue weighted by Crippen LogP contribution is -2.17. The molecule has 0 aliphatic rings. The van der Waals surface area contributed by atoms with Gasteiger partial charge in [-0.05, 0) is 12.1 Å². The van der Waals surface area contributed by atoms with Gasteiger partial charge >= 0.3 is 0 Å². The summed E-state index contributed by atoms with van der Waals surface area (Å²) in [5.41, 5.74) is 0.671. The van der Waals surface area contributed by atoms with Crippen LogP contribution in [0.1, 0.15) is 0 Å². The van der Waals surface area contributed by atoms with E-state index < -0.39 is 0 Å². The third-order valence-electron chi connectivity index (χ3n) is 2.24. The van der Waals surface area contributed by atoms with Crippen LogP contribution in [0.15, 0.2) is 35.1 Å². The molecule has 0 radical (unpaired) electrons. The number of hydrogen-bond acceptors (Lipinski definition) is 3. The highest BCUT2D eigenvalue weighted by Crippen LogP contribution is 2.21. The number of aromatic nitrogens is 1. The lowest BCUT2D eigenvalue weighted by molar-refractivity contribution is 0.338. The monoisotopic (exact) mass is 190 g/mol. The topological polar surface area (TPSA) is 57.2 Å². The van der Waals surface area contributed by atoms with Gasteiger partial charge in [0.15, 0.2) is 5.75 Å². The number of benzene rings is 1. The van der Waals surface area contributed by atoms with Crippen LogP contribution in [0.4, 0.5) is 0 Å². The van der Waals surface area contributed by atoms with Crippen LogP contribution in [0, 0.1) is 0 Å². The number of rotatable bonds is 1. The SMILES string of the molecule is Cn1c(=O)cc(ON)c2ccccc21. The van der Waals surface area contributed by atoms with Crippen LogP contribution in [-0.2, 0) is 7.05 Å². The van der Waals surface area contributed by atoms with Crippen LogP contribution in [0.3, 0.4) is 0 Å². The molecule has 4 nitrogen and oxygen atoms in total. The zero-order valence-corrected chi connectivity index (χ0v) is 7.73. The minimum atomic E-state index is -0.135. The second kappa shape index (κ2) is 3.16. The Morgan fingerprint density at radius 1 is 1.36 bits per heavy atom. The number of hydrogen-bond donors (Lipinski definition) is 1. The normalized spacial score (nSPS) is 10.4. The van der Waals surface area contributed by atoms with E-state index in [1.54, 1.807) is 11.6 Å². The molecule has 2 N–H and O–H groups in total. The molecule has 2 aromatic rings. The van der Waals surface area contributed by atoms with Crippen LogP contribution in [-0.4, -0.2) is 4.57 Å². The average Bonchev–Trinajstić information content (AvgIpc) is 2.23. The van der Waals surface area contributed by atoms with Crippen molar-refractivity contribution in [2.75, 3.05) is 0 Å². The molecule has 1 heterocycles. The van der Waals surface area contributed by atoms with Crippen molar-refractivity contribution >= 4 is 10.9 Å². The average molecular weight is 190 g/mol. The molecule has 2 rings (SSSR count). The maximum atomic E-state index is 11.4. The number of aryl methyl sites for hydroxylation is 1. The van der Waals surface area contributed by atoms with Gasteiger partial charge in [-0.3, -0.25) is 4.79 Å². The van der Waals surface area contributed by atoms with E-state index in [1.165, 1.54) is 6.07 Å². The van der Waals surface area contributed by atoms with Crippen molar-refractivity contribution in [3.05, 3.63) is 40.7 Å². The predicted molar refractivity (Wildman–Crippen MR) is 54.0 cm³/mol. The first-order chi connectivity index (χ1) is 6.74. The van der Waals surface area contributed by atoms with Gasteiger partial charge in [0, 0.05) is 18.5 Å². The van der Waals surface area contributed by atoms with Crippen LogP contribution in [0.5, 0.6) is 5.75 Å². The van der Waals surface area contributed by atoms with E-state index in [0.29, 0.717) is 5.75 Å². The first-order valence-electron chi connectivity index (χ1n) is 4.19. The van der Waals surface area contributed by atoms with Crippen molar-refractivity contribution in [2.45, 2.75) is 0 Å². The largest absolute Gasteiger partial charge is 0.411 e. The van der Waals surface area contributed by atoms with Crippen molar-refractivity contribution in [1.29, 1.82) is 0 Å². The van der Waals surface area contributed by atoms with Crippen LogP contribution < -0.4 is 16.3 Å². The zero-order chi connectivity index (χ0) is 10.1. The number of nitrogens with zero attached hydrogens (tertiary/aromatic N) is 1. The van der Waals surface area contributed by atoms with Crippen molar-refractivity contribution in [2.24, 2.45) is 12.9 Å². The quantitative estimate of drug-likeness (QED) is 0.676. The molecule has 0 amide bonds. The van der Waals surface area contributed by atoms with E-state index in [0.717, 1.165) is 10.9 Å². The van der Waals surface area contributed by atoms with E-state index in [-0.39, 0.29) is 5.56 Å². The summed E-state index contributed by atoms with van der Waals surface area (Å²) in [5, 5.41) is 0.831. The maximum Gasteiger partial charge on any atom is 0.254 e. The van der Waals surface area contributed by atoms with Crippen LogP contribution in [0.2, 0.25) is 0 Å². The summed E-state index contributed by atoms with van der Waals surface area (Å²) in [5.74, 6) is 5.49. The van der Waals surface area contributed by atoms with Crippen molar-refractivity contribution in [3.8, 4) is 5.75 Å². The Kier molecular flexibility index (Phi) is 1.98. The molecule has 0 saturated heterocycles. The van der Waals surface area contributed by atoms with Gasteiger partial charge in [-0.25, -0.2) is 0 Å². The van der Waals surface area contributed by atoms with Gasteiger partial charge < -0.3 is 9.40 Å². The standard InChI is InChI=1S/C10H10N2O2/c1-12-8-5-3-2-4-7(8)9(14-11)6-10(12)13/h2-6H,11H2,1H3. The summed E-state index contributed by atoms with van der Waals surface area (Å²) in [6.07, 6.45) is 0. The molecule has 14 heavy (non-hydrogen) atoms. The summed E-state index contributed by atoms with van der Waals surface area (Å²) in [7, 11) is 1.71. The smallest absolute Gasteiger partial charge is 0.254 e. The van der Waals surface area contributed by atoms with Gasteiger partial charge in [0.25, 0.3) is 5.56 Å². The molecule has 0 aliphatic carbocycles. The fourth-order valence-corrected chi connectivity index (χ4v) is 1.48. The van der Waals surface area contributed by atoms with E-state index >= 15 is 0 Å². The number of fused-ring (bicyclic) bond motifs is 1. The third kappa shape index (κ3) is 1.16. The first-order valence-corrected chi connectivity index (χ1v) is 4.19. The molecule has 0 saturated carbocycles. The van der Waals surface area contributed by atoms with Gasteiger partial charge in [0.05, 0.1) is 5.52 Å². The summed E-state index contributed by atoms with van der Waals surface area (Å²) < 4.78 is 1.55. The Labute approximate surface area is 80.5 Å². The van der Waals surface area contributed by atoms with Crippen molar-refractivity contribution in [1.82, 2.24) is 4.57 Å². The minimum Gasteiger partial charge on any atom is -0.411 e. The molecule has 0 unspecified atom stereocenters. The van der Waals surface area contributed by atoms with Crippen LogP contribution >= 0.6 is 0 Å². The number of pyridine rings is 1. The Balaban J connectivity index is 2.97. The summed E-state index contributed by atoms with van der Waals surface area (Å²) in [6.45, 7) is 0. The molecule has 0 fully saturated rings. The fourth-order valence-electron chi connectivity index (χ4n) is 1.48. The van der Waals surface area contributed by atoms with E-state index in [1.807, 2.05) is 24.3 Å². The Morgan fingerprint density at radius 3 is 2.79 bits per heavy atom. The first kappa shape index (κ1) is 8.77. The predicted octanol–water partition coefficient (Wildman–Crippen LogP) is 0.791. The van der Waals surface area contributed by atoms with E-state index in [9.17, 15) is 4.79 Å². The second-order valence-electron chi connectivity index (χ2n) is 3.04. The molecule has 72 valence electrons. The summed E-state index contributed by atoms with van der Waals surface area (Å²) in [4.78, 5) is 16.1. The highest BCUT2D eigenvalue weighted by molar-refractivity contribution is 5.85. The lowest BCUT2D eigenvalue weighted by Gasteiger charge is -2.07. The van der Waals surface area contributed by atoms with Crippen molar-refractivity contribution < 1.29 is 4.84 Å². The zero-order valence-electron chi connectivity index (χ0n) is 7.73. The molecule has 0 aliphatic heterocycles. The molecular formula is C10H10N2O2.